The molecule has 10 aromatic rings. The van der Waals surface area contributed by atoms with Crippen molar-refractivity contribution >= 4 is 43.5 Å². The maximum absolute atomic E-state index is 5.28. The highest BCUT2D eigenvalue weighted by Gasteiger charge is 2.18. The van der Waals surface area contributed by atoms with Crippen molar-refractivity contribution in [1.82, 2.24) is 15.0 Å². The Balaban J connectivity index is 1.09. The van der Waals surface area contributed by atoms with Crippen LogP contribution in [0.2, 0.25) is 0 Å². The lowest BCUT2D eigenvalue weighted by molar-refractivity contribution is 1.30. The largest absolute Gasteiger partial charge is 0.256 e. The van der Waals surface area contributed by atoms with Crippen LogP contribution in [0.1, 0.15) is 0 Å². The summed E-state index contributed by atoms with van der Waals surface area (Å²) in [5.41, 5.74) is 13.6. The van der Waals surface area contributed by atoms with Gasteiger partial charge >= 0.3 is 0 Å². The maximum Gasteiger partial charge on any atom is 0.0979 e. The van der Waals surface area contributed by atoms with Crippen LogP contribution in [0.15, 0.2) is 188 Å². The Morgan fingerprint density at radius 2 is 0.846 bits per heavy atom. The number of aromatic nitrogens is 3. The molecule has 0 N–H and O–H groups in total. The van der Waals surface area contributed by atoms with Crippen LogP contribution in [-0.4, -0.2) is 15.0 Å². The van der Waals surface area contributed by atoms with Crippen molar-refractivity contribution in [3.8, 4) is 55.9 Å². The van der Waals surface area contributed by atoms with Gasteiger partial charge in [-0.3, -0.25) is 4.98 Å². The first-order chi connectivity index (χ1) is 25.8. The Hall–Kier alpha value is -6.97. The third-order valence-corrected chi connectivity index (χ3v) is 10.1. The van der Waals surface area contributed by atoms with Crippen LogP contribution in [0.5, 0.6) is 0 Å². The van der Waals surface area contributed by atoms with Gasteiger partial charge in [-0.15, -0.1) is 0 Å². The first-order valence-corrected chi connectivity index (χ1v) is 17.6. The fourth-order valence-electron chi connectivity index (χ4n) is 7.50. The minimum Gasteiger partial charge on any atom is -0.256 e. The lowest BCUT2D eigenvalue weighted by Crippen LogP contribution is -1.97. The number of nitrogens with zero attached hydrogens (tertiary/aromatic N) is 3. The summed E-state index contributed by atoms with van der Waals surface area (Å²) in [5, 5.41) is 5.86. The number of para-hydroxylation sites is 2. The van der Waals surface area contributed by atoms with Crippen LogP contribution in [0.25, 0.3) is 99.4 Å². The summed E-state index contributed by atoms with van der Waals surface area (Å²) >= 11 is 0. The number of benzene rings is 8. The molecule has 0 spiro atoms. The summed E-state index contributed by atoms with van der Waals surface area (Å²) in [5.74, 6) is 0. The zero-order chi connectivity index (χ0) is 34.4. The zero-order valence-electron chi connectivity index (χ0n) is 28.2. The van der Waals surface area contributed by atoms with Crippen LogP contribution in [0.4, 0.5) is 0 Å². The van der Waals surface area contributed by atoms with Crippen molar-refractivity contribution < 1.29 is 0 Å². The van der Waals surface area contributed by atoms with Gasteiger partial charge < -0.3 is 0 Å². The molecule has 0 aliphatic rings. The predicted octanol–water partition coefficient (Wildman–Crippen LogP) is 12.8. The molecule has 242 valence electrons. The SMILES string of the molecule is c1ccc(-c2ccc(-c3nc4ccccc4nc3-c3ccc(-c4cccc(-c5ccc6c(c5)ncc5ccccc56)c4)c4ccccc34)cc2)cc1. The molecular formula is C49H31N3. The molecule has 8 aromatic carbocycles. The number of fused-ring (bicyclic) bond motifs is 5. The second kappa shape index (κ2) is 12.4. The molecule has 10 rings (SSSR count). The van der Waals surface area contributed by atoms with Gasteiger partial charge in [0.2, 0.25) is 0 Å². The number of pyridine rings is 1. The van der Waals surface area contributed by atoms with E-state index in [0.29, 0.717) is 0 Å². The van der Waals surface area contributed by atoms with Gasteiger partial charge in [0, 0.05) is 28.1 Å². The average Bonchev–Trinajstić information content (AvgIpc) is 3.23. The van der Waals surface area contributed by atoms with Crippen molar-refractivity contribution in [2.24, 2.45) is 0 Å². The molecule has 0 unspecified atom stereocenters. The summed E-state index contributed by atoms with van der Waals surface area (Å²) in [6.45, 7) is 0. The summed E-state index contributed by atoms with van der Waals surface area (Å²) in [4.78, 5) is 15.3. The van der Waals surface area contributed by atoms with Crippen molar-refractivity contribution in [2.75, 3.05) is 0 Å². The minimum absolute atomic E-state index is 0.871. The molecule has 2 heterocycles. The molecule has 0 saturated carbocycles. The van der Waals surface area contributed by atoms with Crippen LogP contribution < -0.4 is 0 Å². The molecule has 0 aliphatic carbocycles. The van der Waals surface area contributed by atoms with Crippen LogP contribution >= 0.6 is 0 Å². The van der Waals surface area contributed by atoms with Gasteiger partial charge in [-0.1, -0.05) is 158 Å². The van der Waals surface area contributed by atoms with Gasteiger partial charge in [0.1, 0.15) is 0 Å². The molecule has 3 nitrogen and oxygen atoms in total. The molecular weight excluding hydrogens is 631 g/mol. The van der Waals surface area contributed by atoms with E-state index in [-0.39, 0.29) is 0 Å². The second-order valence-electron chi connectivity index (χ2n) is 13.2. The molecule has 0 fully saturated rings. The molecule has 0 amide bonds. The normalized spacial score (nSPS) is 11.5. The fourth-order valence-corrected chi connectivity index (χ4v) is 7.50. The summed E-state index contributed by atoms with van der Waals surface area (Å²) in [7, 11) is 0. The van der Waals surface area contributed by atoms with Crippen molar-refractivity contribution in [3.63, 3.8) is 0 Å². The molecule has 0 atom stereocenters. The Kier molecular flexibility index (Phi) is 7.14. The topological polar surface area (TPSA) is 38.7 Å². The number of hydrogen-bond acceptors (Lipinski definition) is 3. The van der Waals surface area contributed by atoms with E-state index in [1.807, 2.05) is 36.5 Å². The van der Waals surface area contributed by atoms with Gasteiger partial charge in [0.15, 0.2) is 0 Å². The van der Waals surface area contributed by atoms with E-state index in [9.17, 15) is 0 Å². The third kappa shape index (κ3) is 5.19. The van der Waals surface area contributed by atoms with E-state index in [0.717, 1.165) is 66.5 Å². The highest BCUT2D eigenvalue weighted by molar-refractivity contribution is 6.08. The summed E-state index contributed by atoms with van der Waals surface area (Å²) in [6.07, 6.45) is 1.97. The monoisotopic (exact) mass is 661 g/mol. The quantitative estimate of drug-likeness (QED) is 0.172. The average molecular weight is 662 g/mol. The van der Waals surface area contributed by atoms with Crippen molar-refractivity contribution in [3.05, 3.63) is 188 Å². The number of rotatable bonds is 5. The predicted molar refractivity (Wildman–Crippen MR) is 217 cm³/mol. The minimum atomic E-state index is 0.871. The maximum atomic E-state index is 5.28. The number of hydrogen-bond donors (Lipinski definition) is 0. The van der Waals surface area contributed by atoms with E-state index in [2.05, 4.69) is 152 Å². The lowest BCUT2D eigenvalue weighted by Gasteiger charge is -2.16. The molecule has 52 heavy (non-hydrogen) atoms. The van der Waals surface area contributed by atoms with E-state index in [1.165, 1.54) is 32.8 Å². The first kappa shape index (κ1) is 29.9. The third-order valence-electron chi connectivity index (χ3n) is 10.1. The van der Waals surface area contributed by atoms with Gasteiger partial charge in [-0.05, 0) is 73.8 Å². The molecule has 2 aromatic heterocycles. The van der Waals surface area contributed by atoms with Gasteiger partial charge in [0.25, 0.3) is 0 Å². The molecule has 0 radical (unpaired) electrons. The fraction of sp³-hybridized carbons (Fsp3) is 0. The van der Waals surface area contributed by atoms with Gasteiger partial charge in [0.05, 0.1) is 27.9 Å². The van der Waals surface area contributed by atoms with Gasteiger partial charge in [-0.2, -0.15) is 0 Å². The Morgan fingerprint density at radius 1 is 0.288 bits per heavy atom. The van der Waals surface area contributed by atoms with E-state index in [1.54, 1.807) is 0 Å². The smallest absolute Gasteiger partial charge is 0.0979 e. The van der Waals surface area contributed by atoms with Crippen LogP contribution in [-0.2, 0) is 0 Å². The first-order valence-electron chi connectivity index (χ1n) is 17.6. The van der Waals surface area contributed by atoms with Crippen LogP contribution in [0, 0.1) is 0 Å². The lowest BCUT2D eigenvalue weighted by atomic mass is 9.91. The highest BCUT2D eigenvalue weighted by atomic mass is 14.8. The Morgan fingerprint density at radius 3 is 1.65 bits per heavy atom. The zero-order valence-corrected chi connectivity index (χ0v) is 28.2. The highest BCUT2D eigenvalue weighted by Crippen LogP contribution is 2.40. The van der Waals surface area contributed by atoms with E-state index >= 15 is 0 Å². The summed E-state index contributed by atoms with van der Waals surface area (Å²) in [6, 6.07) is 64.3. The van der Waals surface area contributed by atoms with Crippen LogP contribution in [0.3, 0.4) is 0 Å². The molecule has 0 aliphatic heterocycles. The standard InChI is InChI=1S/C49H31N3/c1-2-11-32(12-3-1)33-21-23-34(24-22-33)48-49(52-46-20-9-8-19-45(46)51-48)44-28-27-40(41-17-6-7-18-42(41)44)37-15-10-14-35(29-37)36-25-26-43-39-16-5-4-13-38(39)31-50-47(43)30-36/h1-31H. The van der Waals surface area contributed by atoms with E-state index in [4.69, 9.17) is 15.0 Å². The molecule has 0 bridgehead atoms. The van der Waals surface area contributed by atoms with Gasteiger partial charge in [-0.25, -0.2) is 9.97 Å². The molecule has 0 saturated heterocycles. The van der Waals surface area contributed by atoms with Crippen molar-refractivity contribution in [1.29, 1.82) is 0 Å². The Bertz CT molecular complexity index is 2950. The van der Waals surface area contributed by atoms with E-state index < -0.39 is 0 Å². The van der Waals surface area contributed by atoms with Crippen molar-refractivity contribution in [2.45, 2.75) is 0 Å². The summed E-state index contributed by atoms with van der Waals surface area (Å²) < 4.78 is 0. The second-order valence-corrected chi connectivity index (χ2v) is 13.2. The Labute approximate surface area is 301 Å². The molecule has 3 heteroatoms.